The van der Waals surface area contributed by atoms with Crippen LogP contribution in [0.3, 0.4) is 0 Å². The molecule has 2 amide bonds. The molecule has 25 heavy (non-hydrogen) atoms. The Kier molecular flexibility index (Phi) is 4.76. The molecule has 3 rings (SSSR count). The third-order valence-corrected chi connectivity index (χ3v) is 4.96. The van der Waals surface area contributed by atoms with E-state index in [1.165, 1.54) is 23.9 Å². The minimum Gasteiger partial charge on any atom is -0.379 e. The van der Waals surface area contributed by atoms with Crippen molar-refractivity contribution in [3.8, 4) is 0 Å². The predicted octanol–water partition coefficient (Wildman–Crippen LogP) is 1.70. The quantitative estimate of drug-likeness (QED) is 0.759. The fourth-order valence-electron chi connectivity index (χ4n) is 2.74. The van der Waals surface area contributed by atoms with Gasteiger partial charge in [0.05, 0.1) is 5.54 Å². The van der Waals surface area contributed by atoms with Crippen LogP contribution < -0.4 is 16.5 Å². The van der Waals surface area contributed by atoms with Crippen molar-refractivity contribution in [1.29, 1.82) is 0 Å². The number of carbonyl (C=O) groups excluding carboxylic acids is 2. The predicted molar refractivity (Wildman–Crippen MR) is 95.9 cm³/mol. The summed E-state index contributed by atoms with van der Waals surface area (Å²) in [6.45, 7) is 1.82. The van der Waals surface area contributed by atoms with Crippen LogP contribution in [0.5, 0.6) is 0 Å². The smallest absolute Gasteiger partial charge is 0.271 e. The van der Waals surface area contributed by atoms with E-state index in [0.717, 1.165) is 5.75 Å². The lowest BCUT2D eigenvalue weighted by atomic mass is 9.89. The van der Waals surface area contributed by atoms with E-state index in [1.54, 1.807) is 6.07 Å². The lowest BCUT2D eigenvalue weighted by Crippen LogP contribution is -2.33. The molecule has 0 saturated carbocycles. The van der Waals surface area contributed by atoms with Gasteiger partial charge >= 0.3 is 0 Å². The molecule has 0 spiro atoms. The van der Waals surface area contributed by atoms with Gasteiger partial charge in [-0.15, -0.1) is 0 Å². The minimum atomic E-state index is -0.767. The number of anilines is 1. The molecule has 1 aromatic carbocycles. The maximum absolute atomic E-state index is 14.4. The van der Waals surface area contributed by atoms with Crippen LogP contribution >= 0.6 is 11.8 Å². The maximum Gasteiger partial charge on any atom is 0.271 e. The highest BCUT2D eigenvalue weighted by Gasteiger charge is 2.32. The molecule has 1 unspecified atom stereocenters. The molecule has 4 N–H and O–H groups in total. The van der Waals surface area contributed by atoms with Crippen molar-refractivity contribution in [2.24, 2.45) is 15.8 Å². The van der Waals surface area contributed by atoms with Crippen molar-refractivity contribution in [3.63, 3.8) is 0 Å². The first-order chi connectivity index (χ1) is 11.9. The zero-order chi connectivity index (χ0) is 18.0. The molecule has 0 bridgehead atoms. The maximum atomic E-state index is 14.4. The zero-order valence-corrected chi connectivity index (χ0v) is 14.5. The molecule has 0 fully saturated rings. The molecule has 0 saturated heterocycles. The molecule has 1 atom stereocenters. The Balaban J connectivity index is 1.83. The molecule has 9 heteroatoms. The fourth-order valence-corrected chi connectivity index (χ4v) is 3.71. The minimum absolute atomic E-state index is 0.213. The number of hydrazone groups is 1. The Bertz CT molecular complexity index is 795. The van der Waals surface area contributed by atoms with E-state index in [-0.39, 0.29) is 24.5 Å². The first-order valence-corrected chi connectivity index (χ1v) is 8.81. The highest BCUT2D eigenvalue weighted by molar-refractivity contribution is 8.13. The first kappa shape index (κ1) is 17.4. The summed E-state index contributed by atoms with van der Waals surface area (Å²) in [5, 5.41) is 6.86. The number of benzene rings is 1. The molecular weight excluding hydrogens is 345 g/mol. The lowest BCUT2D eigenvalue weighted by molar-refractivity contribution is -0.121. The lowest BCUT2D eigenvalue weighted by Gasteiger charge is -2.30. The summed E-state index contributed by atoms with van der Waals surface area (Å²) >= 11 is 1.44. The van der Waals surface area contributed by atoms with Gasteiger partial charge in [0.2, 0.25) is 5.91 Å². The number of carbonyl (C=O) groups is 2. The van der Waals surface area contributed by atoms with Crippen LogP contribution in [0, 0.1) is 5.82 Å². The zero-order valence-electron chi connectivity index (χ0n) is 13.6. The van der Waals surface area contributed by atoms with Crippen LogP contribution in [-0.2, 0) is 15.1 Å². The van der Waals surface area contributed by atoms with Crippen molar-refractivity contribution in [2.75, 3.05) is 11.1 Å². The highest BCUT2D eigenvalue weighted by atomic mass is 32.2. The van der Waals surface area contributed by atoms with Crippen molar-refractivity contribution < 1.29 is 14.0 Å². The number of nitrogens with one attached hydrogen (secondary N) is 2. The monoisotopic (exact) mass is 363 g/mol. The first-order valence-electron chi connectivity index (χ1n) is 7.82. The standard InChI is InChI=1S/C16H18FN5O2S/c1-16(6-7-25-15(18)20-16)10-8-9(2-3-11(10)17)19-14(24)12-4-5-13(23)22-21-12/h2-3,8H,4-7H2,1H3,(H2,18,20)(H,19,24)(H,22,23). The Morgan fingerprint density at radius 2 is 2.24 bits per heavy atom. The van der Waals surface area contributed by atoms with Crippen molar-refractivity contribution in [3.05, 3.63) is 29.6 Å². The SMILES string of the molecule is CC1(c2cc(NC(=O)C3=NNC(=O)CC3)ccc2F)CCSC(N)=N1. The van der Waals surface area contributed by atoms with Gasteiger partial charge in [0.1, 0.15) is 11.5 Å². The summed E-state index contributed by atoms with van der Waals surface area (Å²) in [4.78, 5) is 27.7. The van der Waals surface area contributed by atoms with E-state index >= 15 is 0 Å². The number of hydrogen-bond donors (Lipinski definition) is 3. The summed E-state index contributed by atoms with van der Waals surface area (Å²) in [5.41, 5.74) is 8.36. The van der Waals surface area contributed by atoms with Gasteiger partial charge in [-0.1, -0.05) is 11.8 Å². The molecule has 0 aliphatic carbocycles. The van der Waals surface area contributed by atoms with Gasteiger partial charge in [-0.2, -0.15) is 5.10 Å². The van der Waals surface area contributed by atoms with Crippen molar-refractivity contribution in [2.45, 2.75) is 31.7 Å². The molecule has 1 aromatic rings. The van der Waals surface area contributed by atoms with Gasteiger partial charge in [0, 0.05) is 29.8 Å². The van der Waals surface area contributed by atoms with E-state index in [4.69, 9.17) is 5.73 Å². The molecule has 2 aliphatic rings. The molecular formula is C16H18FN5O2S. The van der Waals surface area contributed by atoms with Gasteiger partial charge in [0.15, 0.2) is 5.17 Å². The van der Waals surface area contributed by atoms with Crippen molar-refractivity contribution >= 4 is 40.1 Å². The number of nitrogens with two attached hydrogens (primary N) is 1. The number of amides is 2. The second kappa shape index (κ2) is 6.83. The van der Waals surface area contributed by atoms with Gasteiger partial charge in [-0.25, -0.2) is 9.82 Å². The van der Waals surface area contributed by atoms with Crippen LogP contribution in [-0.4, -0.2) is 28.4 Å². The summed E-state index contributed by atoms with van der Waals surface area (Å²) < 4.78 is 14.4. The van der Waals surface area contributed by atoms with Crippen LogP contribution in [0.4, 0.5) is 10.1 Å². The summed E-state index contributed by atoms with van der Waals surface area (Å²) in [7, 11) is 0. The Labute approximate surface area is 148 Å². The number of nitrogens with zero attached hydrogens (tertiary/aromatic N) is 2. The number of hydrogen-bond acceptors (Lipinski definition) is 6. The number of amidine groups is 1. The van der Waals surface area contributed by atoms with Gasteiger partial charge in [0.25, 0.3) is 5.91 Å². The van der Waals surface area contributed by atoms with E-state index < -0.39 is 17.3 Å². The molecule has 132 valence electrons. The molecule has 0 radical (unpaired) electrons. The second-order valence-corrected chi connectivity index (χ2v) is 7.18. The number of halogens is 1. The number of aliphatic imine (C=N–C) groups is 1. The third-order valence-electron chi connectivity index (χ3n) is 4.17. The average Bonchev–Trinajstić information content (AvgIpc) is 2.57. The Morgan fingerprint density at radius 1 is 1.44 bits per heavy atom. The number of rotatable bonds is 3. The van der Waals surface area contributed by atoms with Crippen LogP contribution in [0.15, 0.2) is 28.3 Å². The number of thioether (sulfide) groups is 1. The fraction of sp³-hybridized carbons (Fsp3) is 0.375. The van der Waals surface area contributed by atoms with E-state index in [1.807, 2.05) is 6.92 Å². The van der Waals surface area contributed by atoms with Crippen LogP contribution in [0.2, 0.25) is 0 Å². The molecule has 2 heterocycles. The van der Waals surface area contributed by atoms with E-state index in [0.29, 0.717) is 22.8 Å². The van der Waals surface area contributed by atoms with Gasteiger partial charge in [-0.05, 0) is 31.5 Å². The average molecular weight is 363 g/mol. The largest absolute Gasteiger partial charge is 0.379 e. The van der Waals surface area contributed by atoms with E-state index in [2.05, 4.69) is 20.8 Å². The van der Waals surface area contributed by atoms with E-state index in [9.17, 15) is 14.0 Å². The second-order valence-electron chi connectivity index (χ2n) is 6.06. The summed E-state index contributed by atoms with van der Waals surface area (Å²) in [6, 6.07) is 4.35. The Hall–Kier alpha value is -2.42. The van der Waals surface area contributed by atoms with Gasteiger partial charge < -0.3 is 11.1 Å². The van der Waals surface area contributed by atoms with Crippen LogP contribution in [0.1, 0.15) is 31.7 Å². The summed E-state index contributed by atoms with van der Waals surface area (Å²) in [5.74, 6) is -0.298. The Morgan fingerprint density at radius 3 is 2.92 bits per heavy atom. The molecule has 0 aromatic heterocycles. The van der Waals surface area contributed by atoms with Crippen LogP contribution in [0.25, 0.3) is 0 Å². The topological polar surface area (TPSA) is 109 Å². The van der Waals surface area contributed by atoms with Gasteiger partial charge in [-0.3, -0.25) is 14.6 Å². The normalized spacial score (nSPS) is 23.4. The summed E-state index contributed by atoms with van der Waals surface area (Å²) in [6.07, 6.45) is 1.12. The third kappa shape index (κ3) is 3.81. The molecule has 2 aliphatic heterocycles. The van der Waals surface area contributed by atoms with Crippen molar-refractivity contribution in [1.82, 2.24) is 5.43 Å². The highest BCUT2D eigenvalue weighted by Crippen LogP contribution is 2.37. The molecule has 7 nitrogen and oxygen atoms in total.